The van der Waals surface area contributed by atoms with E-state index in [9.17, 15) is 13.5 Å². The van der Waals surface area contributed by atoms with Crippen LogP contribution in [0, 0.1) is 0 Å². The van der Waals surface area contributed by atoms with E-state index in [-0.39, 0.29) is 6.54 Å². The van der Waals surface area contributed by atoms with Crippen molar-refractivity contribution in [2.75, 3.05) is 0 Å². The van der Waals surface area contributed by atoms with E-state index in [1.54, 1.807) is 17.4 Å². The summed E-state index contributed by atoms with van der Waals surface area (Å²) >= 11 is 2.97. The van der Waals surface area contributed by atoms with Crippen molar-refractivity contribution in [3.63, 3.8) is 0 Å². The number of rotatable bonds is 6. The van der Waals surface area contributed by atoms with Gasteiger partial charge in [-0.15, -0.1) is 11.3 Å². The molecule has 1 aliphatic carbocycles. The Labute approximate surface area is 167 Å². The molecule has 27 heavy (non-hydrogen) atoms. The molecule has 0 aliphatic heterocycles. The van der Waals surface area contributed by atoms with Crippen molar-refractivity contribution in [2.45, 2.75) is 43.2 Å². The zero-order valence-corrected chi connectivity index (χ0v) is 17.2. The number of hydrogen-bond acceptors (Lipinski definition) is 5. The topological polar surface area (TPSA) is 66.4 Å². The lowest BCUT2D eigenvalue weighted by atomic mass is 9.92. The van der Waals surface area contributed by atoms with Gasteiger partial charge in [0.05, 0.1) is 4.90 Å². The van der Waals surface area contributed by atoms with Crippen LogP contribution in [0.4, 0.5) is 0 Å². The van der Waals surface area contributed by atoms with Gasteiger partial charge in [0.2, 0.25) is 10.0 Å². The van der Waals surface area contributed by atoms with Gasteiger partial charge in [0, 0.05) is 16.3 Å². The van der Waals surface area contributed by atoms with E-state index in [2.05, 4.69) is 4.72 Å². The van der Waals surface area contributed by atoms with Crippen molar-refractivity contribution in [2.24, 2.45) is 0 Å². The second-order valence-corrected chi connectivity index (χ2v) is 10.5. The molecule has 1 atom stereocenters. The first-order chi connectivity index (χ1) is 13.0. The minimum absolute atomic E-state index is 0.223. The highest BCUT2D eigenvalue weighted by atomic mass is 32.2. The molecule has 1 aliphatic rings. The average Bonchev–Trinajstić information content (AvgIpc) is 3.37. The van der Waals surface area contributed by atoms with Gasteiger partial charge in [-0.1, -0.05) is 6.07 Å². The Bertz CT molecular complexity index is 1020. The lowest BCUT2D eigenvalue weighted by Crippen LogP contribution is -2.23. The summed E-state index contributed by atoms with van der Waals surface area (Å²) in [6.45, 7) is 0.223. The minimum Gasteiger partial charge on any atom is -0.383 e. The van der Waals surface area contributed by atoms with E-state index in [0.29, 0.717) is 4.90 Å². The number of nitrogens with one attached hydrogen (secondary N) is 1. The minimum atomic E-state index is -3.55. The van der Waals surface area contributed by atoms with Crippen molar-refractivity contribution in [3.05, 3.63) is 73.6 Å². The molecular formula is C20H21NO3S3. The Morgan fingerprint density at radius 3 is 2.67 bits per heavy atom. The van der Waals surface area contributed by atoms with Crippen LogP contribution in [0.2, 0.25) is 0 Å². The molecule has 142 valence electrons. The summed E-state index contributed by atoms with van der Waals surface area (Å²) in [6, 6.07) is 11.1. The lowest BCUT2D eigenvalue weighted by molar-refractivity contribution is 0.224. The van der Waals surface area contributed by atoms with E-state index >= 15 is 0 Å². The molecule has 0 saturated carbocycles. The van der Waals surface area contributed by atoms with Crippen molar-refractivity contribution in [3.8, 4) is 0 Å². The van der Waals surface area contributed by atoms with Gasteiger partial charge in [-0.25, -0.2) is 13.1 Å². The summed E-state index contributed by atoms with van der Waals surface area (Å²) in [4.78, 5) is 2.02. The lowest BCUT2D eigenvalue weighted by Gasteiger charge is -2.16. The maximum absolute atomic E-state index is 12.7. The molecule has 2 aromatic heterocycles. The van der Waals surface area contributed by atoms with E-state index in [0.717, 1.165) is 40.1 Å². The quantitative estimate of drug-likeness (QED) is 0.628. The fraction of sp³-hybridized carbons (Fsp3) is 0.300. The number of thiophene rings is 2. The monoisotopic (exact) mass is 419 g/mol. The Morgan fingerprint density at radius 2 is 1.89 bits per heavy atom. The molecular weight excluding hydrogens is 398 g/mol. The first-order valence-electron chi connectivity index (χ1n) is 8.93. The molecule has 1 unspecified atom stereocenters. The number of sulfonamides is 1. The molecule has 4 rings (SSSR count). The number of fused-ring (bicyclic) bond motifs is 1. The van der Waals surface area contributed by atoms with Gasteiger partial charge in [0.15, 0.2) is 0 Å². The predicted molar refractivity (Wildman–Crippen MR) is 110 cm³/mol. The fourth-order valence-electron chi connectivity index (χ4n) is 3.36. The standard InChI is InChI=1S/C20H21NO3S3/c22-20(16-9-10-25-13-16)19-8-6-17(26-19)12-21-27(23,24)18-7-5-14-3-1-2-4-15(14)11-18/h5-11,13,20-22H,1-4,12H2. The van der Waals surface area contributed by atoms with Crippen molar-refractivity contribution in [1.29, 1.82) is 0 Å². The van der Waals surface area contributed by atoms with Gasteiger partial charge in [-0.2, -0.15) is 11.3 Å². The van der Waals surface area contributed by atoms with Crippen LogP contribution in [0.3, 0.4) is 0 Å². The van der Waals surface area contributed by atoms with Crippen LogP contribution < -0.4 is 4.72 Å². The first-order valence-corrected chi connectivity index (χ1v) is 12.2. The second-order valence-electron chi connectivity index (χ2n) is 6.73. The number of aliphatic hydroxyl groups excluding tert-OH is 1. The maximum Gasteiger partial charge on any atom is 0.240 e. The molecule has 3 aromatic rings. The fourth-order valence-corrected chi connectivity index (χ4v) is 6.15. The van der Waals surface area contributed by atoms with E-state index < -0.39 is 16.1 Å². The zero-order valence-electron chi connectivity index (χ0n) is 14.7. The molecule has 0 spiro atoms. The highest BCUT2D eigenvalue weighted by Gasteiger charge is 2.19. The second kappa shape index (κ2) is 7.85. The summed E-state index contributed by atoms with van der Waals surface area (Å²) in [5, 5.41) is 14.2. The molecule has 0 saturated heterocycles. The van der Waals surface area contributed by atoms with Crippen LogP contribution in [-0.2, 0) is 29.4 Å². The van der Waals surface area contributed by atoms with Crippen molar-refractivity contribution < 1.29 is 13.5 Å². The predicted octanol–water partition coefficient (Wildman–Crippen LogP) is 4.25. The SMILES string of the molecule is O=S(=O)(NCc1ccc(C(O)c2ccsc2)s1)c1ccc2c(c1)CCCC2. The van der Waals surface area contributed by atoms with Crippen molar-refractivity contribution >= 4 is 32.7 Å². The van der Waals surface area contributed by atoms with E-state index in [1.165, 1.54) is 23.3 Å². The van der Waals surface area contributed by atoms with Crippen LogP contribution >= 0.6 is 22.7 Å². The third kappa shape index (κ3) is 4.17. The Balaban J connectivity index is 1.45. The summed E-state index contributed by atoms with van der Waals surface area (Å²) in [5.41, 5.74) is 3.29. The summed E-state index contributed by atoms with van der Waals surface area (Å²) in [7, 11) is -3.55. The summed E-state index contributed by atoms with van der Waals surface area (Å²) in [6.07, 6.45) is 3.62. The maximum atomic E-state index is 12.7. The number of benzene rings is 1. The van der Waals surface area contributed by atoms with Crippen LogP contribution in [-0.4, -0.2) is 13.5 Å². The van der Waals surface area contributed by atoms with Gasteiger partial charge in [0.25, 0.3) is 0 Å². The third-order valence-electron chi connectivity index (χ3n) is 4.88. The Kier molecular flexibility index (Phi) is 5.48. The molecule has 2 heterocycles. The highest BCUT2D eigenvalue weighted by molar-refractivity contribution is 7.89. The first kappa shape index (κ1) is 18.8. The highest BCUT2D eigenvalue weighted by Crippen LogP contribution is 2.30. The molecule has 0 bridgehead atoms. The molecule has 2 N–H and O–H groups in total. The van der Waals surface area contributed by atoms with Crippen LogP contribution in [0.25, 0.3) is 0 Å². The molecule has 1 aromatic carbocycles. The molecule has 0 amide bonds. The van der Waals surface area contributed by atoms with Crippen LogP contribution in [0.1, 0.15) is 45.4 Å². The number of aliphatic hydroxyl groups is 1. The Hall–Kier alpha value is -1.51. The smallest absolute Gasteiger partial charge is 0.240 e. The van der Waals surface area contributed by atoms with Gasteiger partial charge < -0.3 is 5.11 Å². The van der Waals surface area contributed by atoms with Crippen molar-refractivity contribution in [1.82, 2.24) is 4.72 Å². The van der Waals surface area contributed by atoms with Gasteiger partial charge >= 0.3 is 0 Å². The van der Waals surface area contributed by atoms with Gasteiger partial charge in [-0.3, -0.25) is 0 Å². The van der Waals surface area contributed by atoms with E-state index in [1.807, 2.05) is 41.1 Å². The normalized spacial score (nSPS) is 15.4. The largest absolute Gasteiger partial charge is 0.383 e. The third-order valence-corrected chi connectivity index (χ3v) is 8.12. The Morgan fingerprint density at radius 1 is 1.07 bits per heavy atom. The van der Waals surface area contributed by atoms with Crippen LogP contribution in [0.15, 0.2) is 52.1 Å². The molecule has 0 fully saturated rings. The summed E-state index contributed by atoms with van der Waals surface area (Å²) in [5.74, 6) is 0. The molecule has 7 heteroatoms. The van der Waals surface area contributed by atoms with Crippen LogP contribution in [0.5, 0.6) is 0 Å². The summed E-state index contributed by atoms with van der Waals surface area (Å²) < 4.78 is 28.0. The van der Waals surface area contributed by atoms with E-state index in [4.69, 9.17) is 0 Å². The molecule has 0 radical (unpaired) electrons. The van der Waals surface area contributed by atoms with Gasteiger partial charge in [0.1, 0.15) is 6.10 Å². The van der Waals surface area contributed by atoms with Gasteiger partial charge in [-0.05, 0) is 83.5 Å². The average molecular weight is 420 g/mol. The zero-order chi connectivity index (χ0) is 18.9. The number of aryl methyl sites for hydroxylation is 2. The molecule has 4 nitrogen and oxygen atoms in total. The number of hydrogen-bond donors (Lipinski definition) is 2.